The number of alkyl carbamates (subject to hydrolysis) is 1. The van der Waals surface area contributed by atoms with Gasteiger partial charge >= 0.3 is 12.2 Å². The van der Waals surface area contributed by atoms with Gasteiger partial charge in [0.05, 0.1) is 54.2 Å². The normalized spacial score (nSPS) is 20.8. The number of H-pyrrole nitrogens is 2. The first kappa shape index (κ1) is 47.1. The standard InChI is InChI=1S/C52H67N9O6/c1-30(2)44(57-50(64)67-9)48(62)59-26-11-13-43(59)47-54-37-23-18-34(28-38(37)55-47)41-25-24-40(61(41)36-21-19-35(20-22-36)52(5,6)7)33-16-14-32(15-17-33)39-29-53-46(56-39)42-12-10-27-60(42)49(63)45(31(3)4)58(8)51(65)66/h14-23,28-31,40-45H,10-13,24-27H2,1-9H3,(H,53,56)(H,54,55)(H,57,64)(H,65,66)/t40-,41-,42-,43-,44-,45-/m0/s1. The van der Waals surface area contributed by atoms with Gasteiger partial charge in [0, 0.05) is 25.8 Å². The number of hydrogen-bond donors (Lipinski definition) is 4. The van der Waals surface area contributed by atoms with Gasteiger partial charge in [0.2, 0.25) is 11.8 Å². The third-order valence-electron chi connectivity index (χ3n) is 14.2. The van der Waals surface area contributed by atoms with Crippen LogP contribution in [0.1, 0.15) is 139 Å². The molecule has 0 unspecified atom stereocenters. The summed E-state index contributed by atoms with van der Waals surface area (Å²) < 4.78 is 4.83. The SMILES string of the molecule is COC(=O)N[C@H](C(=O)N1CCC[C@H]1c1nc2ccc([C@@H]3CC[C@@H](c4ccc(-c5cnc([C@@H]6CCCN6C(=O)[C@H](C(C)C)N(C)C(=O)O)[nH]5)cc4)N3c3ccc(C(C)(C)C)cc3)cc2[nH]1)C(C)C. The summed E-state index contributed by atoms with van der Waals surface area (Å²) in [6, 6.07) is 22.4. The number of carboxylic acid groups (broad SMARTS) is 1. The van der Waals surface area contributed by atoms with Gasteiger partial charge < -0.3 is 39.8 Å². The van der Waals surface area contributed by atoms with Crippen LogP contribution in [0.2, 0.25) is 0 Å². The molecule has 0 bridgehead atoms. The highest BCUT2D eigenvalue weighted by molar-refractivity contribution is 5.87. The number of likely N-dealkylation sites (N-methyl/N-ethyl adjacent to an activating group) is 1. The van der Waals surface area contributed by atoms with Gasteiger partial charge in [-0.15, -0.1) is 0 Å². The van der Waals surface area contributed by atoms with E-state index in [4.69, 9.17) is 14.7 Å². The van der Waals surface area contributed by atoms with Crippen molar-refractivity contribution in [3.8, 4) is 11.3 Å². The summed E-state index contributed by atoms with van der Waals surface area (Å²) in [7, 11) is 2.76. The fraction of sp³-hybridized carbons (Fsp3) is 0.500. The molecule has 67 heavy (non-hydrogen) atoms. The lowest BCUT2D eigenvalue weighted by Gasteiger charge is -2.34. The Hall–Kier alpha value is -6.38. The van der Waals surface area contributed by atoms with Crippen molar-refractivity contribution in [1.82, 2.24) is 40.0 Å². The van der Waals surface area contributed by atoms with Crippen LogP contribution in [0.5, 0.6) is 0 Å². The highest BCUT2D eigenvalue weighted by Crippen LogP contribution is 2.48. The van der Waals surface area contributed by atoms with Gasteiger partial charge in [-0.2, -0.15) is 0 Å². The number of anilines is 1. The Morgan fingerprint density at radius 1 is 0.776 bits per heavy atom. The molecule has 0 spiro atoms. The van der Waals surface area contributed by atoms with E-state index in [1.807, 2.05) is 38.8 Å². The summed E-state index contributed by atoms with van der Waals surface area (Å²) >= 11 is 0. The Morgan fingerprint density at radius 3 is 1.99 bits per heavy atom. The van der Waals surface area contributed by atoms with E-state index in [1.54, 1.807) is 4.90 Å². The number of nitrogens with one attached hydrogen (secondary N) is 3. The third kappa shape index (κ3) is 9.46. The number of rotatable bonds is 12. The zero-order valence-electron chi connectivity index (χ0n) is 40.4. The number of aromatic amines is 2. The summed E-state index contributed by atoms with van der Waals surface area (Å²) in [6.45, 7) is 15.4. The second-order valence-corrected chi connectivity index (χ2v) is 20.3. The molecule has 8 rings (SSSR count). The van der Waals surface area contributed by atoms with Crippen LogP contribution < -0.4 is 10.2 Å². The minimum Gasteiger partial charge on any atom is -0.465 e. The molecule has 2 aromatic heterocycles. The van der Waals surface area contributed by atoms with E-state index in [1.165, 1.54) is 30.8 Å². The van der Waals surface area contributed by atoms with Gasteiger partial charge in [-0.25, -0.2) is 19.6 Å². The molecule has 5 aromatic rings. The second-order valence-electron chi connectivity index (χ2n) is 20.3. The highest BCUT2D eigenvalue weighted by atomic mass is 16.5. The van der Waals surface area contributed by atoms with Crippen LogP contribution >= 0.6 is 0 Å². The highest BCUT2D eigenvalue weighted by Gasteiger charge is 2.41. The number of methoxy groups -OCH3 is 1. The van der Waals surface area contributed by atoms with Crippen molar-refractivity contribution in [3.63, 3.8) is 0 Å². The number of hydrogen-bond acceptors (Lipinski definition) is 8. The zero-order valence-corrected chi connectivity index (χ0v) is 40.4. The van der Waals surface area contributed by atoms with Crippen LogP contribution in [-0.2, 0) is 19.7 Å². The molecule has 356 valence electrons. The predicted molar refractivity (Wildman–Crippen MR) is 258 cm³/mol. The number of carbonyl (C=O) groups is 4. The maximum atomic E-state index is 13.9. The number of nitrogens with zero attached hydrogens (tertiary/aromatic N) is 6. The number of aromatic nitrogens is 4. The zero-order chi connectivity index (χ0) is 47.9. The number of carbonyl (C=O) groups excluding carboxylic acids is 3. The van der Waals surface area contributed by atoms with Gasteiger partial charge in [-0.05, 0) is 102 Å². The minimum absolute atomic E-state index is 0.0142. The summed E-state index contributed by atoms with van der Waals surface area (Å²) in [5, 5.41) is 12.5. The van der Waals surface area contributed by atoms with Crippen LogP contribution in [0.3, 0.4) is 0 Å². The average Bonchev–Trinajstić information content (AvgIpc) is 4.16. The number of fused-ring (bicyclic) bond motifs is 1. The van der Waals surface area contributed by atoms with Crippen molar-refractivity contribution < 1.29 is 29.0 Å². The molecule has 3 aliphatic rings. The molecule has 0 radical (unpaired) electrons. The summed E-state index contributed by atoms with van der Waals surface area (Å²) in [4.78, 5) is 75.9. The first-order valence-corrected chi connectivity index (χ1v) is 23.9. The Bertz CT molecular complexity index is 2580. The Balaban J connectivity index is 1.05. The monoisotopic (exact) mass is 914 g/mol. The average molecular weight is 914 g/mol. The largest absolute Gasteiger partial charge is 0.465 e. The van der Waals surface area contributed by atoms with E-state index in [0.29, 0.717) is 18.9 Å². The molecule has 0 saturated carbocycles. The van der Waals surface area contributed by atoms with E-state index in [0.717, 1.165) is 77.2 Å². The number of imidazole rings is 2. The minimum atomic E-state index is -1.12. The molecule has 4 N–H and O–H groups in total. The molecular formula is C52H67N9O6. The van der Waals surface area contributed by atoms with Gasteiger partial charge in [0.25, 0.3) is 0 Å². The molecule has 15 nitrogen and oxygen atoms in total. The lowest BCUT2D eigenvalue weighted by molar-refractivity contribution is -0.138. The lowest BCUT2D eigenvalue weighted by atomic mass is 9.87. The summed E-state index contributed by atoms with van der Waals surface area (Å²) in [6.07, 6.45) is 5.15. The number of benzene rings is 3. The van der Waals surface area contributed by atoms with Gasteiger partial charge in [-0.3, -0.25) is 14.5 Å². The summed E-state index contributed by atoms with van der Waals surface area (Å²) in [5.74, 6) is 0.827. The molecule has 4 amide bonds. The van der Waals surface area contributed by atoms with Crippen LogP contribution in [0.15, 0.2) is 72.9 Å². The van der Waals surface area contributed by atoms with Crippen LogP contribution in [0.25, 0.3) is 22.3 Å². The first-order valence-electron chi connectivity index (χ1n) is 23.9. The molecule has 3 saturated heterocycles. The smallest absolute Gasteiger partial charge is 0.407 e. The van der Waals surface area contributed by atoms with Crippen molar-refractivity contribution in [3.05, 3.63) is 101 Å². The first-order chi connectivity index (χ1) is 31.9. The van der Waals surface area contributed by atoms with Gasteiger partial charge in [0.1, 0.15) is 23.7 Å². The molecule has 15 heteroatoms. The number of ether oxygens (including phenoxy) is 1. The van der Waals surface area contributed by atoms with Gasteiger partial charge in [-0.1, -0.05) is 90.9 Å². The van der Waals surface area contributed by atoms with Crippen molar-refractivity contribution >= 4 is 40.7 Å². The Morgan fingerprint density at radius 2 is 1.39 bits per heavy atom. The van der Waals surface area contributed by atoms with Gasteiger partial charge in [0.15, 0.2) is 0 Å². The Kier molecular flexibility index (Phi) is 13.4. The molecular weight excluding hydrogens is 847 g/mol. The van der Waals surface area contributed by atoms with E-state index in [2.05, 4.69) is 108 Å². The van der Waals surface area contributed by atoms with E-state index < -0.39 is 24.3 Å². The van der Waals surface area contributed by atoms with Crippen molar-refractivity contribution in [2.24, 2.45) is 11.8 Å². The maximum absolute atomic E-state index is 13.9. The molecule has 3 fully saturated rings. The fourth-order valence-corrected chi connectivity index (χ4v) is 10.6. The molecule has 0 aliphatic carbocycles. The lowest BCUT2D eigenvalue weighted by Crippen LogP contribution is -2.51. The van der Waals surface area contributed by atoms with E-state index >= 15 is 0 Å². The van der Waals surface area contributed by atoms with Crippen LogP contribution in [-0.4, -0.2) is 103 Å². The van der Waals surface area contributed by atoms with Crippen molar-refractivity contribution in [2.45, 2.75) is 129 Å². The third-order valence-corrected chi connectivity index (χ3v) is 14.2. The molecule has 3 aromatic carbocycles. The number of amides is 4. The van der Waals surface area contributed by atoms with Crippen LogP contribution in [0.4, 0.5) is 15.3 Å². The molecule has 3 aliphatic heterocycles. The topological polar surface area (TPSA) is 180 Å². The quantitative estimate of drug-likeness (QED) is 0.0948. The summed E-state index contributed by atoms with van der Waals surface area (Å²) in [5.41, 5.74) is 8.44. The second kappa shape index (κ2) is 19.1. The molecule has 6 atom stereocenters. The fourth-order valence-electron chi connectivity index (χ4n) is 10.6. The Labute approximate surface area is 393 Å². The predicted octanol–water partition coefficient (Wildman–Crippen LogP) is 9.68. The number of likely N-dealkylation sites (tertiary alicyclic amines) is 2. The van der Waals surface area contributed by atoms with E-state index in [9.17, 15) is 24.3 Å². The van der Waals surface area contributed by atoms with E-state index in [-0.39, 0.29) is 53.2 Å². The maximum Gasteiger partial charge on any atom is 0.407 e. The molecule has 5 heterocycles. The van der Waals surface area contributed by atoms with Crippen molar-refractivity contribution in [1.29, 1.82) is 0 Å². The van der Waals surface area contributed by atoms with Crippen LogP contribution in [0, 0.1) is 11.8 Å². The van der Waals surface area contributed by atoms with Crippen molar-refractivity contribution in [2.75, 3.05) is 32.1 Å².